The minimum absolute atomic E-state index is 0.194. The highest BCUT2D eigenvalue weighted by atomic mass is 16.7. The van der Waals surface area contributed by atoms with E-state index in [4.69, 9.17) is 13.9 Å². The number of phenolic OH excluding ortho intramolecular Hbond substituents is 1. The van der Waals surface area contributed by atoms with Crippen molar-refractivity contribution in [2.45, 2.75) is 0 Å². The number of ether oxygens (including phenoxy) is 2. The van der Waals surface area contributed by atoms with Crippen LogP contribution in [-0.2, 0) is 0 Å². The van der Waals surface area contributed by atoms with Crippen LogP contribution in [0.2, 0.25) is 0 Å². The first kappa shape index (κ1) is 10.3. The Bertz CT molecular complexity index is 773. The van der Waals surface area contributed by atoms with Crippen LogP contribution in [0.25, 0.3) is 22.3 Å². The van der Waals surface area contributed by atoms with Gasteiger partial charge in [-0.05, 0) is 36.4 Å². The van der Waals surface area contributed by atoms with E-state index in [0.29, 0.717) is 5.58 Å². The van der Waals surface area contributed by atoms with Gasteiger partial charge in [-0.1, -0.05) is 0 Å². The van der Waals surface area contributed by atoms with E-state index in [2.05, 4.69) is 0 Å². The minimum atomic E-state index is 0.194. The molecule has 94 valence electrons. The second-order valence-electron chi connectivity index (χ2n) is 4.40. The first-order valence-corrected chi connectivity index (χ1v) is 5.92. The maximum absolute atomic E-state index is 9.44. The molecule has 0 aliphatic carbocycles. The highest BCUT2D eigenvalue weighted by Gasteiger charge is 2.15. The molecule has 0 bridgehead atoms. The van der Waals surface area contributed by atoms with Gasteiger partial charge in [-0.25, -0.2) is 0 Å². The number of fused-ring (bicyclic) bond motifs is 2. The van der Waals surface area contributed by atoms with Crippen LogP contribution in [0.15, 0.2) is 46.9 Å². The van der Waals surface area contributed by atoms with Gasteiger partial charge in [0.15, 0.2) is 11.5 Å². The summed E-state index contributed by atoms with van der Waals surface area (Å²) in [5, 5.41) is 10.4. The van der Waals surface area contributed by atoms with Crippen molar-refractivity contribution in [2.24, 2.45) is 0 Å². The lowest BCUT2D eigenvalue weighted by molar-refractivity contribution is 0.174. The number of benzene rings is 2. The maximum Gasteiger partial charge on any atom is 0.231 e. The van der Waals surface area contributed by atoms with Crippen molar-refractivity contribution in [1.82, 2.24) is 0 Å². The molecule has 3 aromatic rings. The van der Waals surface area contributed by atoms with Crippen molar-refractivity contribution in [3.05, 3.63) is 42.5 Å². The summed E-state index contributed by atoms with van der Waals surface area (Å²) >= 11 is 0. The molecule has 1 N–H and O–H groups in total. The molecule has 0 radical (unpaired) electrons. The van der Waals surface area contributed by atoms with Crippen LogP contribution in [-0.4, -0.2) is 11.9 Å². The summed E-state index contributed by atoms with van der Waals surface area (Å²) in [7, 11) is 0. The average molecular weight is 254 g/mol. The third kappa shape index (κ3) is 1.61. The standard InChI is InChI=1S/C15H10O4/c16-11-3-1-9-5-13(19-14(9)7-11)10-2-4-12-15(6-10)18-8-17-12/h1-7,16H,8H2. The largest absolute Gasteiger partial charge is 0.508 e. The van der Waals surface area contributed by atoms with Crippen LogP contribution in [0.1, 0.15) is 0 Å². The molecule has 1 aliphatic heterocycles. The lowest BCUT2D eigenvalue weighted by Gasteiger charge is -1.99. The van der Waals surface area contributed by atoms with E-state index in [1.165, 1.54) is 0 Å². The quantitative estimate of drug-likeness (QED) is 0.721. The fraction of sp³-hybridized carbons (Fsp3) is 0.0667. The molecule has 0 saturated carbocycles. The molecule has 2 heterocycles. The number of aromatic hydroxyl groups is 1. The van der Waals surface area contributed by atoms with Crippen LogP contribution in [0, 0.1) is 0 Å². The Labute approximate surface area is 108 Å². The summed E-state index contributed by atoms with van der Waals surface area (Å²) in [5.74, 6) is 2.40. The van der Waals surface area contributed by atoms with Gasteiger partial charge in [-0.3, -0.25) is 0 Å². The van der Waals surface area contributed by atoms with Gasteiger partial charge in [0.1, 0.15) is 17.1 Å². The Morgan fingerprint density at radius 3 is 2.74 bits per heavy atom. The lowest BCUT2D eigenvalue weighted by atomic mass is 10.1. The van der Waals surface area contributed by atoms with E-state index in [1.54, 1.807) is 12.1 Å². The topological polar surface area (TPSA) is 51.8 Å². The predicted octanol–water partition coefficient (Wildman–Crippen LogP) is 3.53. The number of furan rings is 1. The van der Waals surface area contributed by atoms with Crippen molar-refractivity contribution in [1.29, 1.82) is 0 Å². The van der Waals surface area contributed by atoms with Crippen LogP contribution in [0.4, 0.5) is 0 Å². The highest BCUT2D eigenvalue weighted by Crippen LogP contribution is 2.37. The van der Waals surface area contributed by atoms with Crippen molar-refractivity contribution < 1.29 is 19.0 Å². The van der Waals surface area contributed by atoms with Gasteiger partial charge < -0.3 is 19.0 Å². The molecule has 0 fully saturated rings. The summed E-state index contributed by atoms with van der Waals surface area (Å²) < 4.78 is 16.4. The Hall–Kier alpha value is -2.62. The molecule has 0 amide bonds. The van der Waals surface area contributed by atoms with Gasteiger partial charge in [0.2, 0.25) is 6.79 Å². The summed E-state index contributed by atoms with van der Waals surface area (Å²) in [6, 6.07) is 12.7. The molecule has 0 unspecified atom stereocenters. The molecule has 1 aliphatic rings. The number of hydrogen-bond donors (Lipinski definition) is 1. The van der Waals surface area contributed by atoms with E-state index in [0.717, 1.165) is 28.2 Å². The number of rotatable bonds is 1. The fourth-order valence-corrected chi connectivity index (χ4v) is 2.21. The Kier molecular flexibility index (Phi) is 2.00. The van der Waals surface area contributed by atoms with E-state index >= 15 is 0 Å². The third-order valence-electron chi connectivity index (χ3n) is 3.16. The summed E-state index contributed by atoms with van der Waals surface area (Å²) in [6.45, 7) is 0.257. The normalized spacial score (nSPS) is 13.1. The zero-order chi connectivity index (χ0) is 12.8. The smallest absolute Gasteiger partial charge is 0.231 e. The third-order valence-corrected chi connectivity index (χ3v) is 3.16. The SMILES string of the molecule is Oc1ccc2cc(-c3ccc4c(c3)OCO4)oc2c1. The first-order valence-electron chi connectivity index (χ1n) is 5.92. The van der Waals surface area contributed by atoms with Gasteiger partial charge >= 0.3 is 0 Å². The summed E-state index contributed by atoms with van der Waals surface area (Å²) in [5.41, 5.74) is 1.58. The van der Waals surface area contributed by atoms with Crippen molar-refractivity contribution in [3.8, 4) is 28.6 Å². The monoisotopic (exact) mass is 254 g/mol. The fourth-order valence-electron chi connectivity index (χ4n) is 2.21. The molecular weight excluding hydrogens is 244 g/mol. The zero-order valence-electron chi connectivity index (χ0n) is 9.92. The molecule has 0 saturated heterocycles. The zero-order valence-corrected chi connectivity index (χ0v) is 9.92. The van der Waals surface area contributed by atoms with Gasteiger partial charge in [-0.15, -0.1) is 0 Å². The van der Waals surface area contributed by atoms with Gasteiger partial charge in [0.25, 0.3) is 0 Å². The highest BCUT2D eigenvalue weighted by molar-refractivity contribution is 5.84. The average Bonchev–Trinajstić information content (AvgIpc) is 3.02. The minimum Gasteiger partial charge on any atom is -0.508 e. The molecule has 4 heteroatoms. The van der Waals surface area contributed by atoms with E-state index < -0.39 is 0 Å². The summed E-state index contributed by atoms with van der Waals surface area (Å²) in [6.07, 6.45) is 0. The van der Waals surface area contributed by atoms with Crippen LogP contribution in [0.5, 0.6) is 17.2 Å². The van der Waals surface area contributed by atoms with Crippen LogP contribution in [0.3, 0.4) is 0 Å². The molecule has 4 rings (SSSR count). The van der Waals surface area contributed by atoms with Gasteiger partial charge in [0.05, 0.1) is 0 Å². The van der Waals surface area contributed by atoms with Crippen molar-refractivity contribution in [3.63, 3.8) is 0 Å². The molecule has 2 aromatic carbocycles. The van der Waals surface area contributed by atoms with Gasteiger partial charge in [-0.2, -0.15) is 0 Å². The number of hydrogen-bond acceptors (Lipinski definition) is 4. The second-order valence-corrected chi connectivity index (χ2v) is 4.40. The van der Waals surface area contributed by atoms with Crippen molar-refractivity contribution >= 4 is 11.0 Å². The summed E-state index contributed by atoms with van der Waals surface area (Å²) in [4.78, 5) is 0. The second kappa shape index (κ2) is 3.68. The predicted molar refractivity (Wildman–Crippen MR) is 69.4 cm³/mol. The van der Waals surface area contributed by atoms with E-state index in [9.17, 15) is 5.11 Å². The molecule has 0 atom stereocenters. The Morgan fingerprint density at radius 1 is 0.895 bits per heavy atom. The molecule has 19 heavy (non-hydrogen) atoms. The molecule has 4 nitrogen and oxygen atoms in total. The Morgan fingerprint density at radius 2 is 1.79 bits per heavy atom. The molecule has 1 aromatic heterocycles. The number of phenols is 1. The van der Waals surface area contributed by atoms with Gasteiger partial charge in [0, 0.05) is 17.0 Å². The van der Waals surface area contributed by atoms with Crippen LogP contribution >= 0.6 is 0 Å². The first-order chi connectivity index (χ1) is 9.29. The lowest BCUT2D eigenvalue weighted by Crippen LogP contribution is -1.92. The van der Waals surface area contributed by atoms with Crippen molar-refractivity contribution in [2.75, 3.05) is 6.79 Å². The van der Waals surface area contributed by atoms with E-state index in [1.807, 2.05) is 30.3 Å². The maximum atomic E-state index is 9.44. The molecule has 0 spiro atoms. The van der Waals surface area contributed by atoms with E-state index in [-0.39, 0.29) is 12.5 Å². The molecular formula is C15H10O4. The van der Waals surface area contributed by atoms with Crippen LogP contribution < -0.4 is 9.47 Å². The Balaban J connectivity index is 1.85.